The van der Waals surface area contributed by atoms with Gasteiger partial charge in [0.1, 0.15) is 11.1 Å². The van der Waals surface area contributed by atoms with Crippen LogP contribution in [-0.4, -0.2) is 22.0 Å². The minimum atomic E-state index is -0.684. The molecule has 0 unspecified atom stereocenters. The first kappa shape index (κ1) is 18.2. The van der Waals surface area contributed by atoms with Gasteiger partial charge in [0.2, 0.25) is 0 Å². The molecule has 2 aromatic heterocycles. The number of carbonyl (C=O) groups excluding carboxylic acids is 1. The molecule has 7 heteroatoms. The van der Waals surface area contributed by atoms with Gasteiger partial charge in [-0.1, -0.05) is 31.0 Å². The molecule has 28 heavy (non-hydrogen) atoms. The van der Waals surface area contributed by atoms with Crippen molar-refractivity contribution >= 4 is 16.9 Å². The Hall–Kier alpha value is -3.22. The third kappa shape index (κ3) is 3.74. The quantitative estimate of drug-likeness (QED) is 0.687. The second-order valence-corrected chi connectivity index (χ2v) is 7.07. The summed E-state index contributed by atoms with van der Waals surface area (Å²) in [5.74, 6) is -0.141. The van der Waals surface area contributed by atoms with E-state index < -0.39 is 11.5 Å². The van der Waals surface area contributed by atoms with Crippen LogP contribution in [0.5, 0.6) is 0 Å². The third-order valence-corrected chi connectivity index (χ3v) is 5.20. The summed E-state index contributed by atoms with van der Waals surface area (Å²) in [6, 6.07) is 10.1. The summed E-state index contributed by atoms with van der Waals surface area (Å²) in [7, 11) is 0. The lowest BCUT2D eigenvalue weighted by atomic mass is 10.0. The zero-order chi connectivity index (χ0) is 19.5. The molecule has 0 spiro atoms. The van der Waals surface area contributed by atoms with Crippen LogP contribution in [0.4, 0.5) is 0 Å². The summed E-state index contributed by atoms with van der Waals surface area (Å²) in [6.07, 6.45) is 6.07. The molecule has 0 atom stereocenters. The number of rotatable bonds is 5. The van der Waals surface area contributed by atoms with Gasteiger partial charge in [-0.25, -0.2) is 9.78 Å². The molecule has 1 fully saturated rings. The van der Waals surface area contributed by atoms with Crippen molar-refractivity contribution < 1.29 is 9.21 Å². The normalized spacial score (nSPS) is 14.4. The molecule has 1 aliphatic rings. The number of fused-ring (bicyclic) bond motifs is 1. The van der Waals surface area contributed by atoms with Crippen LogP contribution in [-0.2, 0) is 6.54 Å². The van der Waals surface area contributed by atoms with E-state index in [4.69, 9.17) is 4.42 Å². The summed E-state index contributed by atoms with van der Waals surface area (Å²) in [4.78, 5) is 41.1. The topological polar surface area (TPSA) is 94.2 Å². The van der Waals surface area contributed by atoms with Crippen LogP contribution in [0.25, 0.3) is 11.0 Å². The summed E-state index contributed by atoms with van der Waals surface area (Å²) in [5, 5.41) is 3.34. The van der Waals surface area contributed by atoms with Gasteiger partial charge in [0.05, 0.1) is 12.0 Å². The first-order valence-electron chi connectivity index (χ1n) is 9.49. The highest BCUT2D eigenvalue weighted by Crippen LogP contribution is 2.32. The Labute approximate surface area is 161 Å². The van der Waals surface area contributed by atoms with E-state index >= 15 is 0 Å². The minimum absolute atomic E-state index is 0.0549. The largest absolute Gasteiger partial charge is 0.422 e. The molecule has 3 aromatic rings. The van der Waals surface area contributed by atoms with Crippen LogP contribution < -0.4 is 16.5 Å². The van der Waals surface area contributed by atoms with E-state index in [-0.39, 0.29) is 24.2 Å². The highest BCUT2D eigenvalue weighted by molar-refractivity contribution is 5.96. The molecule has 0 saturated heterocycles. The lowest BCUT2D eigenvalue weighted by molar-refractivity contribution is 0.0948. The van der Waals surface area contributed by atoms with Gasteiger partial charge in [-0.3, -0.25) is 14.2 Å². The average molecular weight is 379 g/mol. The van der Waals surface area contributed by atoms with Gasteiger partial charge in [-0.05, 0) is 25.0 Å². The lowest BCUT2D eigenvalue weighted by Crippen LogP contribution is -2.33. The summed E-state index contributed by atoms with van der Waals surface area (Å²) in [6.45, 7) is 0.483. The molecule has 144 valence electrons. The van der Waals surface area contributed by atoms with E-state index in [1.807, 2.05) is 0 Å². The van der Waals surface area contributed by atoms with Gasteiger partial charge in [0.25, 0.3) is 11.5 Å². The number of amides is 1. The fourth-order valence-corrected chi connectivity index (χ4v) is 3.66. The number of carbonyl (C=O) groups is 1. The van der Waals surface area contributed by atoms with Gasteiger partial charge >= 0.3 is 5.63 Å². The molecule has 1 aromatic carbocycles. The van der Waals surface area contributed by atoms with Crippen LogP contribution in [0.2, 0.25) is 0 Å². The van der Waals surface area contributed by atoms with Crippen molar-refractivity contribution in [3.8, 4) is 0 Å². The summed E-state index contributed by atoms with van der Waals surface area (Å²) in [5.41, 5.74) is 0.425. The first-order chi connectivity index (χ1) is 13.6. The third-order valence-electron chi connectivity index (χ3n) is 5.20. The Balaban J connectivity index is 1.41. The minimum Gasteiger partial charge on any atom is -0.422 e. The van der Waals surface area contributed by atoms with E-state index in [0.29, 0.717) is 16.9 Å². The molecule has 1 N–H and O–H groups in total. The maximum Gasteiger partial charge on any atom is 0.349 e. The molecule has 0 radical (unpaired) electrons. The zero-order valence-electron chi connectivity index (χ0n) is 15.4. The van der Waals surface area contributed by atoms with Crippen molar-refractivity contribution in [2.24, 2.45) is 0 Å². The highest BCUT2D eigenvalue weighted by Gasteiger charge is 2.19. The first-order valence-corrected chi connectivity index (χ1v) is 9.49. The molecule has 1 aliphatic carbocycles. The Bertz CT molecular complexity index is 1130. The zero-order valence-corrected chi connectivity index (χ0v) is 15.4. The predicted molar refractivity (Wildman–Crippen MR) is 105 cm³/mol. The van der Waals surface area contributed by atoms with Crippen molar-refractivity contribution in [2.45, 2.75) is 38.1 Å². The summed E-state index contributed by atoms with van der Waals surface area (Å²) >= 11 is 0. The number of para-hydroxylation sites is 1. The Kier molecular flexibility index (Phi) is 5.06. The number of nitrogens with zero attached hydrogens (tertiary/aromatic N) is 2. The van der Waals surface area contributed by atoms with Crippen molar-refractivity contribution in [1.29, 1.82) is 0 Å². The van der Waals surface area contributed by atoms with Crippen LogP contribution >= 0.6 is 0 Å². The SMILES string of the molecule is O=C(NCCn1cnc(C2CCCC2)cc1=O)c1cc2ccccc2oc1=O. The number of hydrogen-bond acceptors (Lipinski definition) is 5. The van der Waals surface area contributed by atoms with Gasteiger partial charge in [0, 0.05) is 30.5 Å². The molecular formula is C21H21N3O4. The van der Waals surface area contributed by atoms with E-state index in [9.17, 15) is 14.4 Å². The molecule has 0 bridgehead atoms. The van der Waals surface area contributed by atoms with E-state index in [2.05, 4.69) is 10.3 Å². The molecule has 4 rings (SSSR count). The van der Waals surface area contributed by atoms with Crippen molar-refractivity contribution in [1.82, 2.24) is 14.9 Å². The molecule has 2 heterocycles. The van der Waals surface area contributed by atoms with E-state index in [1.54, 1.807) is 30.3 Å². The smallest absolute Gasteiger partial charge is 0.349 e. The Morgan fingerprint density at radius 1 is 1.18 bits per heavy atom. The van der Waals surface area contributed by atoms with E-state index in [0.717, 1.165) is 18.5 Å². The second-order valence-electron chi connectivity index (χ2n) is 7.07. The molecule has 1 saturated carbocycles. The fourth-order valence-electron chi connectivity index (χ4n) is 3.66. The number of nitrogens with one attached hydrogen (secondary N) is 1. The predicted octanol–water partition coefficient (Wildman–Crippen LogP) is 2.44. The van der Waals surface area contributed by atoms with Crippen LogP contribution in [0.1, 0.15) is 47.7 Å². The standard InChI is InChI=1S/C21H21N3O4/c25-19-12-17(14-5-1-2-6-14)23-13-24(19)10-9-22-20(26)16-11-15-7-3-4-8-18(15)28-21(16)27/h3-4,7-8,11-14H,1-2,5-6,9-10H2,(H,22,26). The monoisotopic (exact) mass is 379 g/mol. The van der Waals surface area contributed by atoms with Crippen molar-refractivity contribution in [2.75, 3.05) is 6.54 Å². The van der Waals surface area contributed by atoms with Crippen LogP contribution in [0.3, 0.4) is 0 Å². The van der Waals surface area contributed by atoms with Crippen molar-refractivity contribution in [3.05, 3.63) is 74.8 Å². The molecule has 0 aliphatic heterocycles. The second kappa shape index (κ2) is 7.80. The molecular weight excluding hydrogens is 358 g/mol. The Morgan fingerprint density at radius 2 is 1.96 bits per heavy atom. The van der Waals surface area contributed by atoms with Gasteiger partial charge in [0.15, 0.2) is 0 Å². The van der Waals surface area contributed by atoms with Crippen LogP contribution in [0, 0.1) is 0 Å². The van der Waals surface area contributed by atoms with Gasteiger partial charge < -0.3 is 9.73 Å². The van der Waals surface area contributed by atoms with Crippen molar-refractivity contribution in [3.63, 3.8) is 0 Å². The maximum atomic E-state index is 12.3. The number of benzene rings is 1. The highest BCUT2D eigenvalue weighted by atomic mass is 16.4. The fraction of sp³-hybridized carbons (Fsp3) is 0.333. The molecule has 7 nitrogen and oxygen atoms in total. The number of aromatic nitrogens is 2. The average Bonchev–Trinajstić information content (AvgIpc) is 3.23. The van der Waals surface area contributed by atoms with Crippen LogP contribution in [0.15, 0.2) is 56.7 Å². The lowest BCUT2D eigenvalue weighted by Gasteiger charge is -2.11. The number of hydrogen-bond donors (Lipinski definition) is 1. The van der Waals surface area contributed by atoms with Gasteiger partial charge in [-0.2, -0.15) is 0 Å². The van der Waals surface area contributed by atoms with Gasteiger partial charge in [-0.15, -0.1) is 0 Å². The molecule has 1 amide bonds. The maximum absolute atomic E-state index is 12.3. The Morgan fingerprint density at radius 3 is 2.75 bits per heavy atom. The van der Waals surface area contributed by atoms with E-state index in [1.165, 1.54) is 29.8 Å². The summed E-state index contributed by atoms with van der Waals surface area (Å²) < 4.78 is 6.64.